The van der Waals surface area contributed by atoms with Crippen LogP contribution >= 0.6 is 0 Å². The molecule has 35 heavy (non-hydrogen) atoms. The fourth-order valence-corrected chi connectivity index (χ4v) is 3.56. The minimum Gasteiger partial charge on any atom is -0.442 e. The van der Waals surface area contributed by atoms with Gasteiger partial charge in [0.2, 0.25) is 0 Å². The van der Waals surface area contributed by atoms with Crippen molar-refractivity contribution < 1.29 is 41.5 Å². The van der Waals surface area contributed by atoms with Crippen LogP contribution < -0.4 is 25.8 Å². The molecule has 2 aliphatic rings. The summed E-state index contributed by atoms with van der Waals surface area (Å²) in [6.45, 7) is 0.611. The van der Waals surface area contributed by atoms with E-state index in [9.17, 15) is 31.9 Å². The Morgan fingerprint density at radius 2 is 1.83 bits per heavy atom. The van der Waals surface area contributed by atoms with E-state index in [0.29, 0.717) is 13.1 Å². The zero-order chi connectivity index (χ0) is 25.5. The standard InChI is InChI=1S/C20H26F4N6O5/c1-25-2-3-26-19(32)30-5-4-28(6-7-34-30)16-14(21)8-12(9-15(16)22)29-11-13(35-20(29)33)10-27-18(31)17(23)24/h8-9,13,17,25H,2-7,10-11H2,1H3,(H,26,32)(H,27,31)/t13-/m0/s1. The monoisotopic (exact) mass is 506 g/mol. The molecule has 0 unspecified atom stereocenters. The molecule has 2 heterocycles. The number of rotatable bonds is 8. The maximum Gasteiger partial charge on any atom is 0.414 e. The number of hydrogen-bond donors (Lipinski definition) is 3. The van der Waals surface area contributed by atoms with Crippen LogP contribution in [0.25, 0.3) is 0 Å². The Kier molecular flexibility index (Phi) is 8.92. The molecule has 0 spiro atoms. The fraction of sp³-hybridized carbons (Fsp3) is 0.550. The molecule has 4 amide bonds. The minimum atomic E-state index is -3.22. The number of urea groups is 1. The number of carbonyl (C=O) groups is 3. The predicted molar refractivity (Wildman–Crippen MR) is 115 cm³/mol. The zero-order valence-corrected chi connectivity index (χ0v) is 18.9. The van der Waals surface area contributed by atoms with Gasteiger partial charge in [0.15, 0.2) is 11.6 Å². The van der Waals surface area contributed by atoms with Gasteiger partial charge in [-0.2, -0.15) is 8.78 Å². The fourth-order valence-electron chi connectivity index (χ4n) is 3.56. The van der Waals surface area contributed by atoms with E-state index < -0.39 is 42.2 Å². The summed E-state index contributed by atoms with van der Waals surface area (Å²) in [4.78, 5) is 43.0. The largest absolute Gasteiger partial charge is 0.442 e. The summed E-state index contributed by atoms with van der Waals surface area (Å²) in [7, 11) is 1.74. The van der Waals surface area contributed by atoms with Crippen molar-refractivity contribution in [3.05, 3.63) is 23.8 Å². The average Bonchev–Trinajstić information content (AvgIpc) is 3.01. The van der Waals surface area contributed by atoms with Gasteiger partial charge >= 0.3 is 18.5 Å². The van der Waals surface area contributed by atoms with Crippen LogP contribution in [0.5, 0.6) is 0 Å². The second kappa shape index (κ2) is 11.9. The van der Waals surface area contributed by atoms with Crippen molar-refractivity contribution in [3.8, 4) is 0 Å². The lowest BCUT2D eigenvalue weighted by Crippen LogP contribution is -2.43. The first-order valence-electron chi connectivity index (χ1n) is 10.8. The van der Waals surface area contributed by atoms with Gasteiger partial charge in [-0.1, -0.05) is 0 Å². The van der Waals surface area contributed by atoms with Crippen molar-refractivity contribution in [3.63, 3.8) is 0 Å². The Morgan fingerprint density at radius 1 is 1.11 bits per heavy atom. The van der Waals surface area contributed by atoms with Crippen LogP contribution in [0.1, 0.15) is 0 Å². The normalized spacial score (nSPS) is 18.5. The molecule has 0 bridgehead atoms. The van der Waals surface area contributed by atoms with E-state index in [4.69, 9.17) is 9.57 Å². The molecule has 2 saturated heterocycles. The Bertz CT molecular complexity index is 916. The number of nitrogens with zero attached hydrogens (tertiary/aromatic N) is 3. The average molecular weight is 506 g/mol. The lowest BCUT2D eigenvalue weighted by molar-refractivity contribution is -0.132. The highest BCUT2D eigenvalue weighted by Crippen LogP contribution is 2.31. The van der Waals surface area contributed by atoms with Gasteiger partial charge in [0.05, 0.1) is 31.9 Å². The van der Waals surface area contributed by atoms with Gasteiger partial charge in [-0.25, -0.2) is 23.4 Å². The lowest BCUT2D eigenvalue weighted by Gasteiger charge is -2.24. The van der Waals surface area contributed by atoms with Crippen LogP contribution in [0.2, 0.25) is 0 Å². The van der Waals surface area contributed by atoms with E-state index >= 15 is 0 Å². The Hall–Kier alpha value is -3.33. The van der Waals surface area contributed by atoms with E-state index in [1.54, 1.807) is 7.05 Å². The minimum absolute atomic E-state index is 0.00451. The number of benzene rings is 1. The van der Waals surface area contributed by atoms with Gasteiger partial charge in [-0.15, -0.1) is 0 Å². The van der Waals surface area contributed by atoms with Crippen LogP contribution in [0.15, 0.2) is 12.1 Å². The number of ether oxygens (including phenoxy) is 1. The predicted octanol–water partition coefficient (Wildman–Crippen LogP) is 0.654. The van der Waals surface area contributed by atoms with Crippen molar-refractivity contribution in [1.29, 1.82) is 0 Å². The number of hydrogen-bond acceptors (Lipinski definition) is 7. The molecule has 194 valence electrons. The maximum absolute atomic E-state index is 15.0. The third kappa shape index (κ3) is 6.63. The third-order valence-corrected chi connectivity index (χ3v) is 5.26. The van der Waals surface area contributed by atoms with E-state index in [-0.39, 0.29) is 50.7 Å². The highest BCUT2D eigenvalue weighted by atomic mass is 19.3. The van der Waals surface area contributed by atoms with Gasteiger partial charge < -0.3 is 25.6 Å². The van der Waals surface area contributed by atoms with Crippen molar-refractivity contribution in [2.24, 2.45) is 0 Å². The number of likely N-dealkylation sites (N-methyl/N-ethyl adjacent to an activating group) is 1. The molecule has 3 rings (SSSR count). The summed E-state index contributed by atoms with van der Waals surface area (Å²) in [6, 6.07) is 1.44. The SMILES string of the molecule is CNCCNC(=O)N1CCN(c2c(F)cc(N3C[C@H](CNC(=O)C(F)F)OC3=O)cc2F)CCO1. The summed E-state index contributed by atoms with van der Waals surface area (Å²) in [5.41, 5.74) is -0.476. The summed E-state index contributed by atoms with van der Waals surface area (Å²) in [6.07, 6.45) is -5.12. The number of halogens is 4. The van der Waals surface area contributed by atoms with Crippen LogP contribution in [0.4, 0.5) is 38.5 Å². The molecule has 1 atom stereocenters. The summed E-state index contributed by atoms with van der Waals surface area (Å²) < 4.78 is 59.5. The number of amides is 4. The molecule has 0 aliphatic carbocycles. The molecule has 2 fully saturated rings. The topological polar surface area (TPSA) is 115 Å². The van der Waals surface area contributed by atoms with Crippen molar-refractivity contribution >= 4 is 29.4 Å². The quantitative estimate of drug-likeness (QED) is 0.351. The van der Waals surface area contributed by atoms with Crippen LogP contribution in [-0.2, 0) is 14.4 Å². The van der Waals surface area contributed by atoms with Gasteiger partial charge in [0.25, 0.3) is 5.91 Å². The summed E-state index contributed by atoms with van der Waals surface area (Å²) in [5, 5.41) is 8.55. The molecular formula is C20H26F4N6O5. The molecular weight excluding hydrogens is 480 g/mol. The molecule has 0 radical (unpaired) electrons. The Morgan fingerprint density at radius 3 is 2.49 bits per heavy atom. The first kappa shape index (κ1) is 26.3. The third-order valence-electron chi connectivity index (χ3n) is 5.26. The van der Waals surface area contributed by atoms with E-state index in [1.807, 2.05) is 5.32 Å². The number of anilines is 2. The second-order valence-electron chi connectivity index (χ2n) is 7.68. The molecule has 1 aromatic rings. The lowest BCUT2D eigenvalue weighted by atomic mass is 10.2. The highest BCUT2D eigenvalue weighted by molar-refractivity contribution is 5.90. The molecule has 3 N–H and O–H groups in total. The van der Waals surface area contributed by atoms with Crippen molar-refractivity contribution in [2.75, 3.05) is 69.3 Å². The van der Waals surface area contributed by atoms with Gasteiger partial charge in [0.1, 0.15) is 11.8 Å². The van der Waals surface area contributed by atoms with Crippen LogP contribution in [0, 0.1) is 11.6 Å². The second-order valence-corrected chi connectivity index (χ2v) is 7.68. The van der Waals surface area contributed by atoms with E-state index in [0.717, 1.165) is 22.1 Å². The van der Waals surface area contributed by atoms with Gasteiger partial charge in [0, 0.05) is 38.3 Å². The number of carbonyl (C=O) groups excluding carboxylic acids is 3. The van der Waals surface area contributed by atoms with Crippen LogP contribution in [0.3, 0.4) is 0 Å². The number of nitrogens with one attached hydrogen (secondary N) is 3. The molecule has 0 aromatic heterocycles. The highest BCUT2D eigenvalue weighted by Gasteiger charge is 2.34. The Balaban J connectivity index is 1.64. The van der Waals surface area contributed by atoms with E-state index in [2.05, 4.69) is 10.6 Å². The van der Waals surface area contributed by atoms with Crippen molar-refractivity contribution in [1.82, 2.24) is 21.0 Å². The molecule has 1 aromatic carbocycles. The summed E-state index contributed by atoms with van der Waals surface area (Å²) >= 11 is 0. The summed E-state index contributed by atoms with van der Waals surface area (Å²) in [5.74, 6) is -3.42. The zero-order valence-electron chi connectivity index (χ0n) is 18.9. The molecule has 2 aliphatic heterocycles. The van der Waals surface area contributed by atoms with Gasteiger partial charge in [-0.3, -0.25) is 14.5 Å². The maximum atomic E-state index is 15.0. The molecule has 0 saturated carbocycles. The molecule has 11 nitrogen and oxygen atoms in total. The number of alkyl halides is 2. The first-order chi connectivity index (χ1) is 16.7. The van der Waals surface area contributed by atoms with Crippen molar-refractivity contribution in [2.45, 2.75) is 12.5 Å². The first-order valence-corrected chi connectivity index (χ1v) is 10.8. The van der Waals surface area contributed by atoms with E-state index in [1.165, 1.54) is 4.90 Å². The number of cyclic esters (lactones) is 1. The Labute approximate surface area is 198 Å². The smallest absolute Gasteiger partial charge is 0.414 e. The number of hydroxylamine groups is 2. The molecule has 15 heteroatoms. The van der Waals surface area contributed by atoms with Crippen LogP contribution in [-0.4, -0.2) is 95.1 Å². The van der Waals surface area contributed by atoms with Gasteiger partial charge in [-0.05, 0) is 7.05 Å².